The maximum Gasteiger partial charge on any atom is 0.338 e. The van der Waals surface area contributed by atoms with Crippen molar-refractivity contribution in [3.63, 3.8) is 0 Å². The van der Waals surface area contributed by atoms with Crippen molar-refractivity contribution in [3.8, 4) is 11.8 Å². The maximum atomic E-state index is 12.7. The van der Waals surface area contributed by atoms with E-state index in [4.69, 9.17) is 21.1 Å². The van der Waals surface area contributed by atoms with Crippen molar-refractivity contribution in [2.24, 2.45) is 0 Å². The topological polar surface area (TPSA) is 88.4 Å². The number of hydrogen-bond donors (Lipinski definition) is 1. The summed E-state index contributed by atoms with van der Waals surface area (Å²) >= 11 is 9.34. The Hall–Kier alpha value is -3.60. The number of nitrogens with zero attached hydrogens (tertiary/aromatic N) is 1. The Morgan fingerprint density at radius 1 is 1.09 bits per heavy atom. The van der Waals surface area contributed by atoms with Crippen LogP contribution in [0.15, 0.2) is 76.8 Å². The normalized spacial score (nSPS) is 10.8. The molecule has 0 bridgehead atoms. The Morgan fingerprint density at radius 3 is 2.44 bits per heavy atom. The smallest absolute Gasteiger partial charge is 0.338 e. The molecular formula is C26H20BrClN2O4. The van der Waals surface area contributed by atoms with Gasteiger partial charge in [0.1, 0.15) is 24.0 Å². The lowest BCUT2D eigenvalue weighted by Gasteiger charge is -2.11. The largest absolute Gasteiger partial charge is 0.488 e. The van der Waals surface area contributed by atoms with Crippen LogP contribution in [0.25, 0.3) is 6.08 Å². The fraction of sp³-hybridized carbons (Fsp3) is 0.115. The molecule has 0 aliphatic carbocycles. The Labute approximate surface area is 210 Å². The van der Waals surface area contributed by atoms with Crippen LogP contribution < -0.4 is 10.1 Å². The van der Waals surface area contributed by atoms with E-state index >= 15 is 0 Å². The Bertz CT molecular complexity index is 1250. The molecule has 6 nitrogen and oxygen atoms in total. The van der Waals surface area contributed by atoms with Crippen LogP contribution in [0.2, 0.25) is 5.02 Å². The zero-order valence-electron chi connectivity index (χ0n) is 18.2. The highest BCUT2D eigenvalue weighted by Gasteiger charge is 2.13. The van der Waals surface area contributed by atoms with Gasteiger partial charge in [-0.1, -0.05) is 39.7 Å². The molecule has 0 unspecified atom stereocenters. The first-order valence-electron chi connectivity index (χ1n) is 10.3. The lowest BCUT2D eigenvalue weighted by atomic mass is 10.1. The Kier molecular flexibility index (Phi) is 8.86. The molecule has 3 rings (SSSR count). The van der Waals surface area contributed by atoms with Crippen LogP contribution in [-0.2, 0) is 16.1 Å². The summed E-state index contributed by atoms with van der Waals surface area (Å²) in [7, 11) is 0. The van der Waals surface area contributed by atoms with E-state index in [2.05, 4.69) is 21.2 Å². The third-order valence-electron chi connectivity index (χ3n) is 4.60. The number of esters is 1. The molecule has 3 aromatic carbocycles. The molecule has 3 aromatic rings. The SMILES string of the molecule is CCOC(=O)c1ccc(NC(=O)/C(C#N)=C/c2cc(Br)ccc2OCc2ccc(Cl)cc2)cc1. The first-order chi connectivity index (χ1) is 16.4. The summed E-state index contributed by atoms with van der Waals surface area (Å²) in [6.45, 7) is 2.29. The lowest BCUT2D eigenvalue weighted by Crippen LogP contribution is -2.14. The third-order valence-corrected chi connectivity index (χ3v) is 5.34. The van der Waals surface area contributed by atoms with Crippen LogP contribution in [0.3, 0.4) is 0 Å². The van der Waals surface area contributed by atoms with Crippen LogP contribution in [-0.4, -0.2) is 18.5 Å². The van der Waals surface area contributed by atoms with Crippen molar-refractivity contribution in [2.75, 3.05) is 11.9 Å². The van der Waals surface area contributed by atoms with Crippen LogP contribution in [0.4, 0.5) is 5.69 Å². The monoisotopic (exact) mass is 538 g/mol. The first kappa shape index (κ1) is 25.0. The number of anilines is 1. The summed E-state index contributed by atoms with van der Waals surface area (Å²) in [4.78, 5) is 24.5. The number of hydrogen-bond acceptors (Lipinski definition) is 5. The van der Waals surface area contributed by atoms with Gasteiger partial charge in [-0.25, -0.2) is 4.79 Å². The molecule has 0 aromatic heterocycles. The van der Waals surface area contributed by atoms with Crippen LogP contribution in [0.5, 0.6) is 5.75 Å². The van der Waals surface area contributed by atoms with E-state index in [9.17, 15) is 14.9 Å². The van der Waals surface area contributed by atoms with Gasteiger partial charge < -0.3 is 14.8 Å². The van der Waals surface area contributed by atoms with Crippen molar-refractivity contribution in [3.05, 3.63) is 98.5 Å². The predicted molar refractivity (Wildman–Crippen MR) is 135 cm³/mol. The highest BCUT2D eigenvalue weighted by Crippen LogP contribution is 2.27. The van der Waals surface area contributed by atoms with Gasteiger partial charge in [0.15, 0.2) is 0 Å². The number of nitrogens with one attached hydrogen (secondary N) is 1. The minimum absolute atomic E-state index is 0.107. The zero-order valence-corrected chi connectivity index (χ0v) is 20.5. The highest BCUT2D eigenvalue weighted by molar-refractivity contribution is 9.10. The molecule has 1 N–H and O–H groups in total. The highest BCUT2D eigenvalue weighted by atomic mass is 79.9. The third kappa shape index (κ3) is 6.95. The van der Waals surface area contributed by atoms with Crippen molar-refractivity contribution < 1.29 is 19.1 Å². The van der Waals surface area contributed by atoms with Gasteiger partial charge in [0.05, 0.1) is 12.2 Å². The fourth-order valence-electron chi connectivity index (χ4n) is 2.91. The van der Waals surface area contributed by atoms with E-state index in [1.54, 1.807) is 55.5 Å². The van der Waals surface area contributed by atoms with Gasteiger partial charge in [0.2, 0.25) is 0 Å². The number of halogens is 2. The summed E-state index contributed by atoms with van der Waals surface area (Å²) in [6, 6.07) is 20.8. The van der Waals surface area contributed by atoms with Gasteiger partial charge in [-0.2, -0.15) is 5.26 Å². The summed E-state index contributed by atoms with van der Waals surface area (Å²) < 4.78 is 11.6. The molecule has 0 saturated heterocycles. The van der Waals surface area contributed by atoms with Crippen LogP contribution in [0, 0.1) is 11.3 Å². The minimum Gasteiger partial charge on any atom is -0.488 e. The number of benzene rings is 3. The molecule has 0 heterocycles. The van der Waals surface area contributed by atoms with Gasteiger partial charge >= 0.3 is 5.97 Å². The molecule has 0 aliphatic heterocycles. The molecule has 0 atom stereocenters. The zero-order chi connectivity index (χ0) is 24.5. The van der Waals surface area contributed by atoms with Crippen molar-refractivity contribution >= 4 is 51.2 Å². The van der Waals surface area contributed by atoms with Crippen LogP contribution >= 0.6 is 27.5 Å². The second-order valence-electron chi connectivity index (χ2n) is 7.02. The molecule has 172 valence electrons. The maximum absolute atomic E-state index is 12.7. The number of amides is 1. The molecule has 1 amide bonds. The first-order valence-corrected chi connectivity index (χ1v) is 11.4. The van der Waals surface area contributed by atoms with Crippen molar-refractivity contribution in [2.45, 2.75) is 13.5 Å². The second-order valence-corrected chi connectivity index (χ2v) is 8.37. The van der Waals surface area contributed by atoms with E-state index in [1.165, 1.54) is 6.08 Å². The standard InChI is InChI=1S/C26H20BrClN2O4/c1-2-33-26(32)18-5-10-23(11-6-18)30-25(31)20(15-29)13-19-14-21(27)7-12-24(19)34-16-17-3-8-22(28)9-4-17/h3-14H,2,16H2,1H3,(H,30,31)/b20-13+. The average Bonchev–Trinajstić information content (AvgIpc) is 2.83. The van der Waals surface area contributed by atoms with Gasteiger partial charge in [0, 0.05) is 20.7 Å². The lowest BCUT2D eigenvalue weighted by molar-refractivity contribution is -0.112. The number of carbonyl (C=O) groups excluding carboxylic acids is 2. The van der Waals surface area contributed by atoms with Gasteiger partial charge in [-0.05, 0) is 73.2 Å². The van der Waals surface area contributed by atoms with Gasteiger partial charge in [-0.3, -0.25) is 4.79 Å². The second kappa shape index (κ2) is 12.0. The quantitative estimate of drug-likeness (QED) is 0.203. The molecule has 0 aliphatic rings. The number of carbonyl (C=O) groups is 2. The summed E-state index contributed by atoms with van der Waals surface area (Å²) in [5.41, 5.74) is 2.18. The molecule has 34 heavy (non-hydrogen) atoms. The average molecular weight is 540 g/mol. The summed E-state index contributed by atoms with van der Waals surface area (Å²) in [5.74, 6) is -0.522. The van der Waals surface area contributed by atoms with E-state index in [0.717, 1.165) is 10.0 Å². The number of rotatable bonds is 8. The summed E-state index contributed by atoms with van der Waals surface area (Å²) in [6.07, 6.45) is 1.46. The van der Waals surface area contributed by atoms with Crippen LogP contribution in [0.1, 0.15) is 28.4 Å². The molecule has 8 heteroatoms. The van der Waals surface area contributed by atoms with E-state index in [0.29, 0.717) is 34.2 Å². The predicted octanol–water partition coefficient (Wildman–Crippen LogP) is 6.40. The van der Waals surface area contributed by atoms with E-state index in [1.807, 2.05) is 24.3 Å². The number of ether oxygens (including phenoxy) is 2. The Balaban J connectivity index is 1.76. The molecule has 0 fully saturated rings. The molecule has 0 spiro atoms. The Morgan fingerprint density at radius 2 is 1.79 bits per heavy atom. The minimum atomic E-state index is -0.588. The van der Waals surface area contributed by atoms with Crippen molar-refractivity contribution in [1.29, 1.82) is 5.26 Å². The molecular weight excluding hydrogens is 520 g/mol. The fourth-order valence-corrected chi connectivity index (χ4v) is 3.42. The van der Waals surface area contributed by atoms with Gasteiger partial charge in [-0.15, -0.1) is 0 Å². The van der Waals surface area contributed by atoms with Gasteiger partial charge in [0.25, 0.3) is 5.91 Å². The molecule has 0 radical (unpaired) electrons. The number of nitriles is 1. The van der Waals surface area contributed by atoms with Crippen molar-refractivity contribution in [1.82, 2.24) is 0 Å². The van der Waals surface area contributed by atoms with E-state index in [-0.39, 0.29) is 12.2 Å². The summed E-state index contributed by atoms with van der Waals surface area (Å²) in [5, 5.41) is 12.9. The molecule has 0 saturated carbocycles. The van der Waals surface area contributed by atoms with E-state index < -0.39 is 11.9 Å².